The molecule has 0 aliphatic carbocycles. The molecule has 2 rings (SSSR count). The van der Waals surface area contributed by atoms with Crippen LogP contribution in [0.4, 0.5) is 5.69 Å². The van der Waals surface area contributed by atoms with Crippen molar-refractivity contribution < 1.29 is 9.53 Å². The molecule has 0 atom stereocenters. The Labute approximate surface area is 133 Å². The van der Waals surface area contributed by atoms with Gasteiger partial charge in [-0.1, -0.05) is 11.6 Å². The van der Waals surface area contributed by atoms with Crippen molar-refractivity contribution >= 4 is 34.5 Å². The molecule has 0 saturated heterocycles. The van der Waals surface area contributed by atoms with Crippen LogP contribution in [0.5, 0.6) is 5.75 Å². The molecule has 1 aromatic heterocycles. The van der Waals surface area contributed by atoms with Crippen molar-refractivity contribution in [1.82, 2.24) is 4.90 Å². The number of anilines is 1. The summed E-state index contributed by atoms with van der Waals surface area (Å²) in [7, 11) is 3.51. The Bertz CT molecular complexity index is 598. The van der Waals surface area contributed by atoms with Gasteiger partial charge in [0.05, 0.1) is 18.0 Å². The fourth-order valence-electron chi connectivity index (χ4n) is 1.88. The number of benzene rings is 1. The number of rotatable bonds is 6. The number of thiophene rings is 1. The highest BCUT2D eigenvalue weighted by Gasteiger charge is 2.09. The molecular weight excluding hydrogens is 308 g/mol. The average molecular weight is 325 g/mol. The van der Waals surface area contributed by atoms with Crippen molar-refractivity contribution in [3.8, 4) is 5.75 Å². The first kappa shape index (κ1) is 15.8. The Morgan fingerprint density at radius 1 is 1.29 bits per heavy atom. The van der Waals surface area contributed by atoms with E-state index in [4.69, 9.17) is 16.3 Å². The number of ether oxygens (including phenoxy) is 1. The molecule has 0 fully saturated rings. The lowest BCUT2D eigenvalue weighted by Crippen LogP contribution is -2.29. The van der Waals surface area contributed by atoms with Gasteiger partial charge in [-0.25, -0.2) is 0 Å². The van der Waals surface area contributed by atoms with E-state index >= 15 is 0 Å². The minimum absolute atomic E-state index is 0.0506. The molecule has 1 heterocycles. The first-order chi connectivity index (χ1) is 10.1. The van der Waals surface area contributed by atoms with Gasteiger partial charge in [0.15, 0.2) is 0 Å². The molecule has 4 nitrogen and oxygen atoms in total. The zero-order chi connectivity index (χ0) is 15.2. The second-order valence-electron chi connectivity index (χ2n) is 4.65. The van der Waals surface area contributed by atoms with Gasteiger partial charge in [-0.3, -0.25) is 9.69 Å². The zero-order valence-electron chi connectivity index (χ0n) is 11.9. The Kier molecular flexibility index (Phi) is 5.61. The third-order valence-electron chi connectivity index (χ3n) is 2.84. The van der Waals surface area contributed by atoms with E-state index in [0.29, 0.717) is 13.1 Å². The van der Waals surface area contributed by atoms with Crippen LogP contribution in [-0.4, -0.2) is 31.5 Å². The molecule has 0 spiro atoms. The highest BCUT2D eigenvalue weighted by Crippen LogP contribution is 2.22. The van der Waals surface area contributed by atoms with E-state index in [1.165, 1.54) is 11.3 Å². The third-order valence-corrected chi connectivity index (χ3v) is 4.06. The minimum atomic E-state index is -0.0506. The maximum atomic E-state index is 12.0. The van der Waals surface area contributed by atoms with Crippen molar-refractivity contribution in [3.05, 3.63) is 45.6 Å². The lowest BCUT2D eigenvalue weighted by molar-refractivity contribution is -0.117. The molecule has 0 aliphatic heterocycles. The summed E-state index contributed by atoms with van der Waals surface area (Å²) in [6.07, 6.45) is 0. The van der Waals surface area contributed by atoms with Gasteiger partial charge in [-0.15, -0.1) is 11.3 Å². The molecule has 0 aliphatic rings. The quantitative estimate of drug-likeness (QED) is 0.884. The molecule has 0 saturated carbocycles. The van der Waals surface area contributed by atoms with Crippen molar-refractivity contribution in [3.63, 3.8) is 0 Å². The van der Waals surface area contributed by atoms with Crippen LogP contribution in [0.15, 0.2) is 36.4 Å². The number of nitrogens with zero attached hydrogens (tertiary/aromatic N) is 1. The SMILES string of the molecule is COc1ccc(NC(=O)CN(C)Cc2ccc(Cl)s2)cc1. The zero-order valence-corrected chi connectivity index (χ0v) is 13.5. The predicted molar refractivity (Wildman–Crippen MR) is 87.3 cm³/mol. The highest BCUT2D eigenvalue weighted by atomic mass is 35.5. The molecule has 1 amide bonds. The van der Waals surface area contributed by atoms with Crippen LogP contribution in [0.3, 0.4) is 0 Å². The van der Waals surface area contributed by atoms with Crippen LogP contribution in [0.2, 0.25) is 4.34 Å². The second-order valence-corrected chi connectivity index (χ2v) is 6.45. The summed E-state index contributed by atoms with van der Waals surface area (Å²) in [5.74, 6) is 0.713. The van der Waals surface area contributed by atoms with E-state index in [0.717, 1.165) is 20.7 Å². The summed E-state index contributed by atoms with van der Waals surface area (Å²) < 4.78 is 5.84. The van der Waals surface area contributed by atoms with E-state index in [1.807, 2.05) is 48.3 Å². The number of carbonyl (C=O) groups is 1. The van der Waals surface area contributed by atoms with E-state index < -0.39 is 0 Å². The predicted octanol–water partition coefficient (Wildman–Crippen LogP) is 3.48. The largest absolute Gasteiger partial charge is 0.497 e. The number of carbonyl (C=O) groups excluding carboxylic acids is 1. The summed E-state index contributed by atoms with van der Waals surface area (Å²) >= 11 is 7.42. The van der Waals surface area contributed by atoms with Crippen molar-refractivity contribution in [2.45, 2.75) is 6.54 Å². The molecule has 0 radical (unpaired) electrons. The number of halogens is 1. The second kappa shape index (κ2) is 7.45. The first-order valence-electron chi connectivity index (χ1n) is 6.43. The minimum Gasteiger partial charge on any atom is -0.497 e. The third kappa shape index (κ3) is 5.04. The molecule has 1 N–H and O–H groups in total. The van der Waals surface area contributed by atoms with Gasteiger partial charge < -0.3 is 10.1 Å². The molecule has 112 valence electrons. The van der Waals surface area contributed by atoms with E-state index in [-0.39, 0.29) is 5.91 Å². The van der Waals surface area contributed by atoms with Gasteiger partial charge in [0.25, 0.3) is 0 Å². The van der Waals surface area contributed by atoms with Gasteiger partial charge in [0.1, 0.15) is 5.75 Å². The number of likely N-dealkylation sites (N-methyl/N-ethyl adjacent to an activating group) is 1. The van der Waals surface area contributed by atoms with Gasteiger partial charge >= 0.3 is 0 Å². The number of nitrogens with one attached hydrogen (secondary N) is 1. The van der Waals surface area contributed by atoms with Gasteiger partial charge in [-0.05, 0) is 43.4 Å². The van der Waals surface area contributed by atoms with E-state index in [9.17, 15) is 4.79 Å². The number of hydrogen-bond donors (Lipinski definition) is 1. The number of amides is 1. The summed E-state index contributed by atoms with van der Waals surface area (Å²) in [6, 6.07) is 11.1. The fraction of sp³-hybridized carbons (Fsp3) is 0.267. The van der Waals surface area contributed by atoms with Crippen LogP contribution in [0, 0.1) is 0 Å². The lowest BCUT2D eigenvalue weighted by Gasteiger charge is -2.15. The highest BCUT2D eigenvalue weighted by molar-refractivity contribution is 7.16. The summed E-state index contributed by atoms with van der Waals surface area (Å²) in [4.78, 5) is 15.1. The van der Waals surface area contributed by atoms with Crippen LogP contribution >= 0.6 is 22.9 Å². The van der Waals surface area contributed by atoms with E-state index in [1.54, 1.807) is 7.11 Å². The monoisotopic (exact) mass is 324 g/mol. The Morgan fingerprint density at radius 3 is 2.57 bits per heavy atom. The van der Waals surface area contributed by atoms with Crippen molar-refractivity contribution in [1.29, 1.82) is 0 Å². The molecule has 21 heavy (non-hydrogen) atoms. The lowest BCUT2D eigenvalue weighted by atomic mass is 10.3. The van der Waals surface area contributed by atoms with Gasteiger partial charge in [0, 0.05) is 17.1 Å². The van der Waals surface area contributed by atoms with Crippen LogP contribution < -0.4 is 10.1 Å². The van der Waals surface area contributed by atoms with Crippen LogP contribution in [0.25, 0.3) is 0 Å². The topological polar surface area (TPSA) is 41.6 Å². The van der Waals surface area contributed by atoms with Gasteiger partial charge in [0.2, 0.25) is 5.91 Å². The molecule has 2 aromatic rings. The summed E-state index contributed by atoms with van der Waals surface area (Å²) in [6.45, 7) is 1.02. The normalized spacial score (nSPS) is 10.7. The average Bonchev–Trinajstić information content (AvgIpc) is 2.84. The van der Waals surface area contributed by atoms with Gasteiger partial charge in [-0.2, -0.15) is 0 Å². The van der Waals surface area contributed by atoms with E-state index in [2.05, 4.69) is 5.32 Å². The van der Waals surface area contributed by atoms with Crippen LogP contribution in [-0.2, 0) is 11.3 Å². The fourth-order valence-corrected chi connectivity index (χ4v) is 3.05. The Hall–Kier alpha value is -1.56. The summed E-state index contributed by atoms with van der Waals surface area (Å²) in [5, 5.41) is 2.86. The molecular formula is C15H17ClN2O2S. The molecule has 1 aromatic carbocycles. The number of methoxy groups -OCH3 is 1. The number of hydrogen-bond acceptors (Lipinski definition) is 4. The maximum Gasteiger partial charge on any atom is 0.238 e. The molecule has 0 bridgehead atoms. The van der Waals surface area contributed by atoms with Crippen molar-refractivity contribution in [2.24, 2.45) is 0 Å². The molecule has 0 unspecified atom stereocenters. The Balaban J connectivity index is 1.82. The maximum absolute atomic E-state index is 12.0. The summed E-state index contributed by atoms with van der Waals surface area (Å²) in [5.41, 5.74) is 0.758. The Morgan fingerprint density at radius 2 is 2.00 bits per heavy atom. The van der Waals surface area contributed by atoms with Crippen molar-refractivity contribution in [2.75, 3.05) is 26.0 Å². The standard InChI is InChI=1S/C15H17ClN2O2S/c1-18(9-13-7-8-14(16)21-13)10-15(19)17-11-3-5-12(20-2)6-4-11/h3-8H,9-10H2,1-2H3,(H,17,19). The smallest absolute Gasteiger partial charge is 0.238 e. The van der Waals surface area contributed by atoms with Crippen LogP contribution in [0.1, 0.15) is 4.88 Å². The molecule has 6 heteroatoms. The first-order valence-corrected chi connectivity index (χ1v) is 7.63.